The minimum Gasteiger partial charge on any atom is -0.362 e. The number of nitrogens with one attached hydrogen (secondary N) is 1. The molecule has 2 heterocycles. The Morgan fingerprint density at radius 1 is 1.60 bits per heavy atom. The number of carbonyl (C=O) groups is 1. The molecule has 1 N–H and O–H groups in total. The molecule has 1 unspecified atom stereocenters. The highest BCUT2D eigenvalue weighted by Crippen LogP contribution is 2.18. The third-order valence-corrected chi connectivity index (χ3v) is 5.76. The van der Waals surface area contributed by atoms with E-state index in [0.29, 0.717) is 17.4 Å². The molecule has 1 aliphatic heterocycles. The van der Waals surface area contributed by atoms with Crippen LogP contribution in [-0.4, -0.2) is 55.3 Å². The first-order valence-electron chi connectivity index (χ1n) is 6.60. The van der Waals surface area contributed by atoms with Gasteiger partial charge in [-0.2, -0.15) is 0 Å². The highest BCUT2D eigenvalue weighted by molar-refractivity contribution is 7.91. The van der Waals surface area contributed by atoms with Crippen LogP contribution in [0, 0.1) is 5.92 Å². The molecule has 6 nitrogen and oxygen atoms in total. The number of carbonyl (C=O) groups excluding carboxylic acids is 1. The van der Waals surface area contributed by atoms with Crippen molar-refractivity contribution in [1.29, 1.82) is 0 Å². The van der Waals surface area contributed by atoms with Crippen LogP contribution in [0.3, 0.4) is 0 Å². The maximum Gasteiger partial charge on any atom is 0.273 e. The molecule has 0 spiro atoms. The van der Waals surface area contributed by atoms with E-state index >= 15 is 0 Å². The van der Waals surface area contributed by atoms with E-state index in [4.69, 9.17) is 0 Å². The molecule has 1 aromatic rings. The molecule has 112 valence electrons. The first kappa shape index (κ1) is 15.2. The largest absolute Gasteiger partial charge is 0.362 e. The molecule has 1 aromatic heterocycles. The minimum absolute atomic E-state index is 0.0350. The predicted molar refractivity (Wildman–Crippen MR) is 80.0 cm³/mol. The maximum absolute atomic E-state index is 12.4. The van der Waals surface area contributed by atoms with E-state index in [-0.39, 0.29) is 29.9 Å². The molecule has 0 aliphatic carbocycles. The number of anilines is 1. The van der Waals surface area contributed by atoms with Crippen LogP contribution < -0.4 is 5.32 Å². The summed E-state index contributed by atoms with van der Waals surface area (Å²) >= 11 is 1.38. The lowest BCUT2D eigenvalue weighted by Gasteiger charge is -2.20. The Balaban J connectivity index is 2.11. The number of amides is 1. The van der Waals surface area contributed by atoms with Crippen LogP contribution in [0.5, 0.6) is 0 Å². The second-order valence-electron chi connectivity index (χ2n) is 5.04. The first-order valence-corrected chi connectivity index (χ1v) is 9.30. The van der Waals surface area contributed by atoms with Gasteiger partial charge in [0.1, 0.15) is 5.69 Å². The maximum atomic E-state index is 12.4. The Bertz CT molecular complexity index is 583. The van der Waals surface area contributed by atoms with E-state index in [1.165, 1.54) is 11.3 Å². The predicted octanol–water partition coefficient (Wildman–Crippen LogP) is 1.08. The molecule has 8 heteroatoms. The Morgan fingerprint density at radius 2 is 2.35 bits per heavy atom. The van der Waals surface area contributed by atoms with Crippen molar-refractivity contribution < 1.29 is 13.2 Å². The summed E-state index contributed by atoms with van der Waals surface area (Å²) < 4.78 is 23.4. The quantitative estimate of drug-likeness (QED) is 0.902. The molecular weight excluding hydrogens is 298 g/mol. The molecule has 1 amide bonds. The lowest BCUT2D eigenvalue weighted by Crippen LogP contribution is -2.35. The number of nitrogens with zero attached hydrogens (tertiary/aromatic N) is 2. The van der Waals surface area contributed by atoms with Crippen LogP contribution in [0.4, 0.5) is 5.13 Å². The van der Waals surface area contributed by atoms with Gasteiger partial charge in [0.25, 0.3) is 5.91 Å². The van der Waals surface area contributed by atoms with E-state index < -0.39 is 9.84 Å². The van der Waals surface area contributed by atoms with Gasteiger partial charge < -0.3 is 10.2 Å². The normalized spacial score (nSPS) is 22.3. The second kappa shape index (κ2) is 6.09. The molecule has 1 fully saturated rings. The Morgan fingerprint density at radius 3 is 3.05 bits per heavy atom. The molecule has 2 rings (SSSR count). The van der Waals surface area contributed by atoms with Crippen molar-refractivity contribution in [3.63, 3.8) is 0 Å². The fourth-order valence-corrected chi connectivity index (χ4v) is 4.63. The Kier molecular flexibility index (Phi) is 4.64. The molecule has 0 saturated carbocycles. The minimum atomic E-state index is -3.04. The molecule has 1 saturated heterocycles. The van der Waals surface area contributed by atoms with Crippen LogP contribution in [0.25, 0.3) is 0 Å². The van der Waals surface area contributed by atoms with E-state index in [1.807, 2.05) is 13.8 Å². The Labute approximate surface area is 123 Å². The second-order valence-corrected chi connectivity index (χ2v) is 8.13. The fourth-order valence-electron chi connectivity index (χ4n) is 2.24. The fraction of sp³-hybridized carbons (Fsp3) is 0.667. The van der Waals surface area contributed by atoms with Crippen LogP contribution >= 0.6 is 11.3 Å². The van der Waals surface area contributed by atoms with Gasteiger partial charge in [-0.3, -0.25) is 4.79 Å². The van der Waals surface area contributed by atoms with Gasteiger partial charge >= 0.3 is 0 Å². The van der Waals surface area contributed by atoms with Crippen LogP contribution in [-0.2, 0) is 9.84 Å². The average Bonchev–Trinajstić information content (AvgIpc) is 2.76. The van der Waals surface area contributed by atoms with Crippen molar-refractivity contribution in [3.8, 4) is 0 Å². The van der Waals surface area contributed by atoms with Gasteiger partial charge in [-0.1, -0.05) is 6.92 Å². The van der Waals surface area contributed by atoms with Crippen LogP contribution in [0.15, 0.2) is 5.38 Å². The van der Waals surface area contributed by atoms with Crippen molar-refractivity contribution in [2.45, 2.75) is 13.8 Å². The van der Waals surface area contributed by atoms with Gasteiger partial charge in [-0.15, -0.1) is 11.3 Å². The molecule has 1 atom stereocenters. The molecule has 0 aromatic carbocycles. The number of sulfone groups is 1. The van der Waals surface area contributed by atoms with Gasteiger partial charge in [-0.05, 0) is 12.8 Å². The number of hydrogen-bond acceptors (Lipinski definition) is 6. The summed E-state index contributed by atoms with van der Waals surface area (Å²) in [6.45, 7) is 5.28. The SMILES string of the molecule is CCNc1nc(C(=O)N2CCS(=O)(=O)CC(C)C2)cs1. The molecule has 0 radical (unpaired) electrons. The molecular formula is C12H19N3O3S2. The highest BCUT2D eigenvalue weighted by atomic mass is 32.2. The number of rotatable bonds is 3. The van der Waals surface area contributed by atoms with Crippen molar-refractivity contribution in [1.82, 2.24) is 9.88 Å². The highest BCUT2D eigenvalue weighted by Gasteiger charge is 2.28. The third kappa shape index (κ3) is 3.69. The zero-order chi connectivity index (χ0) is 14.8. The standard InChI is InChI=1S/C12H19N3O3S2/c1-3-13-12-14-10(7-19-12)11(16)15-4-5-20(17,18)8-9(2)6-15/h7,9H,3-6,8H2,1-2H3,(H,13,14). The Hall–Kier alpha value is -1.15. The van der Waals surface area contributed by atoms with E-state index in [2.05, 4.69) is 10.3 Å². The molecule has 0 bridgehead atoms. The van der Waals surface area contributed by atoms with Crippen molar-refractivity contribution in [2.24, 2.45) is 5.92 Å². The zero-order valence-electron chi connectivity index (χ0n) is 11.6. The topological polar surface area (TPSA) is 79.4 Å². The van der Waals surface area contributed by atoms with Crippen LogP contribution in [0.2, 0.25) is 0 Å². The van der Waals surface area contributed by atoms with Gasteiger partial charge in [0.15, 0.2) is 15.0 Å². The summed E-state index contributed by atoms with van der Waals surface area (Å²) in [7, 11) is -3.04. The number of aromatic nitrogens is 1. The average molecular weight is 317 g/mol. The molecule has 20 heavy (non-hydrogen) atoms. The lowest BCUT2D eigenvalue weighted by atomic mass is 10.2. The van der Waals surface area contributed by atoms with E-state index in [0.717, 1.165) is 6.54 Å². The third-order valence-electron chi connectivity index (χ3n) is 3.08. The van der Waals surface area contributed by atoms with Gasteiger partial charge in [0.2, 0.25) is 0 Å². The summed E-state index contributed by atoms with van der Waals surface area (Å²) in [6, 6.07) is 0. The zero-order valence-corrected chi connectivity index (χ0v) is 13.3. The number of hydrogen-bond donors (Lipinski definition) is 1. The van der Waals surface area contributed by atoms with E-state index in [9.17, 15) is 13.2 Å². The van der Waals surface area contributed by atoms with Gasteiger partial charge in [0.05, 0.1) is 11.5 Å². The summed E-state index contributed by atoms with van der Waals surface area (Å²) in [6.07, 6.45) is 0. The monoisotopic (exact) mass is 317 g/mol. The molecule has 1 aliphatic rings. The van der Waals surface area contributed by atoms with Gasteiger partial charge in [-0.25, -0.2) is 13.4 Å². The van der Waals surface area contributed by atoms with Crippen LogP contribution in [0.1, 0.15) is 24.3 Å². The van der Waals surface area contributed by atoms with Crippen molar-refractivity contribution >= 4 is 32.2 Å². The van der Waals surface area contributed by atoms with Crippen molar-refractivity contribution in [2.75, 3.05) is 36.5 Å². The summed E-state index contributed by atoms with van der Waals surface area (Å²) in [5.74, 6) is -0.0447. The smallest absolute Gasteiger partial charge is 0.273 e. The summed E-state index contributed by atoms with van der Waals surface area (Å²) in [5, 5.41) is 5.49. The summed E-state index contributed by atoms with van der Waals surface area (Å²) in [4.78, 5) is 18.2. The van der Waals surface area contributed by atoms with Crippen molar-refractivity contribution in [3.05, 3.63) is 11.1 Å². The number of thiazole rings is 1. The van der Waals surface area contributed by atoms with E-state index in [1.54, 1.807) is 10.3 Å². The first-order chi connectivity index (χ1) is 9.41. The van der Waals surface area contributed by atoms with Gasteiger partial charge in [0, 0.05) is 25.0 Å². The summed E-state index contributed by atoms with van der Waals surface area (Å²) in [5.41, 5.74) is 0.387. The lowest BCUT2D eigenvalue weighted by molar-refractivity contribution is 0.0746.